The maximum absolute atomic E-state index is 12.9. The number of carbonyl (C=O) groups is 4. The second kappa shape index (κ2) is 10.7. The standard InChI is InChI=1S/C22H20BrClN2O8/c1-11(2)33-18(27)10-32-19-12(6-13(24)8-15(19)23)7-16-20(28)26(22(30)25-16)9-14-4-5-17(34-14)21(29)31-3/h4-8,11H,9-10H2,1-3H3,(H,25,30)/b16-7-. The van der Waals surface area contributed by atoms with E-state index in [-0.39, 0.29) is 42.2 Å². The van der Waals surface area contributed by atoms with Crippen molar-refractivity contribution in [3.05, 3.63) is 56.5 Å². The zero-order valence-electron chi connectivity index (χ0n) is 18.3. The van der Waals surface area contributed by atoms with Crippen LogP contribution in [-0.2, 0) is 25.6 Å². The fourth-order valence-corrected chi connectivity index (χ4v) is 3.92. The van der Waals surface area contributed by atoms with Crippen molar-refractivity contribution in [2.45, 2.75) is 26.5 Å². The summed E-state index contributed by atoms with van der Waals surface area (Å²) < 4.78 is 21.0. The number of esters is 2. The van der Waals surface area contributed by atoms with E-state index in [1.807, 2.05) is 0 Å². The van der Waals surface area contributed by atoms with Gasteiger partial charge in [-0.15, -0.1) is 0 Å². The summed E-state index contributed by atoms with van der Waals surface area (Å²) in [7, 11) is 1.21. The summed E-state index contributed by atoms with van der Waals surface area (Å²) in [6.45, 7) is 2.85. The number of hydrogen-bond donors (Lipinski definition) is 1. The van der Waals surface area contributed by atoms with Gasteiger partial charge in [-0.2, -0.15) is 0 Å². The number of ether oxygens (including phenoxy) is 3. The first kappa shape index (κ1) is 25.3. The van der Waals surface area contributed by atoms with Gasteiger partial charge in [0.1, 0.15) is 17.2 Å². The number of nitrogens with one attached hydrogen (secondary N) is 1. The number of rotatable bonds is 8. The first-order chi connectivity index (χ1) is 16.1. The summed E-state index contributed by atoms with van der Waals surface area (Å²) in [4.78, 5) is 49.6. The topological polar surface area (TPSA) is 124 Å². The van der Waals surface area contributed by atoms with E-state index in [9.17, 15) is 19.2 Å². The van der Waals surface area contributed by atoms with Crippen LogP contribution in [0.15, 0.2) is 38.9 Å². The van der Waals surface area contributed by atoms with Gasteiger partial charge in [0.05, 0.1) is 24.2 Å². The Kier molecular flexibility index (Phi) is 8.00. The molecule has 2 heterocycles. The average Bonchev–Trinajstić information content (AvgIpc) is 3.32. The molecule has 0 spiro atoms. The van der Waals surface area contributed by atoms with Gasteiger partial charge in [0.2, 0.25) is 5.76 Å². The van der Waals surface area contributed by atoms with E-state index in [4.69, 9.17) is 25.5 Å². The SMILES string of the molecule is COC(=O)c1ccc(CN2C(=O)N/C(=C\c3cc(Cl)cc(Br)c3OCC(=O)OC(C)C)C2=O)o1. The average molecular weight is 556 g/mol. The molecule has 0 aliphatic carbocycles. The zero-order valence-corrected chi connectivity index (χ0v) is 20.7. The molecule has 2 aromatic rings. The monoisotopic (exact) mass is 554 g/mol. The van der Waals surface area contributed by atoms with Gasteiger partial charge in [0.15, 0.2) is 6.61 Å². The van der Waals surface area contributed by atoms with Gasteiger partial charge in [-0.05, 0) is 60.1 Å². The lowest BCUT2D eigenvalue weighted by molar-refractivity contribution is -0.149. The minimum atomic E-state index is -0.684. The highest BCUT2D eigenvalue weighted by atomic mass is 79.9. The molecule has 1 aromatic carbocycles. The van der Waals surface area contributed by atoms with Crippen molar-refractivity contribution < 1.29 is 37.8 Å². The van der Waals surface area contributed by atoms with Crippen LogP contribution in [0.25, 0.3) is 6.08 Å². The lowest BCUT2D eigenvalue weighted by atomic mass is 10.1. The smallest absolute Gasteiger partial charge is 0.373 e. The minimum absolute atomic E-state index is 0.0477. The molecule has 3 rings (SSSR count). The number of benzene rings is 1. The Morgan fingerprint density at radius 1 is 1.26 bits per heavy atom. The van der Waals surface area contributed by atoms with E-state index in [0.717, 1.165) is 4.90 Å². The third kappa shape index (κ3) is 5.97. The van der Waals surface area contributed by atoms with Crippen LogP contribution in [-0.4, -0.2) is 48.6 Å². The lowest BCUT2D eigenvalue weighted by Crippen LogP contribution is -2.30. The van der Waals surface area contributed by atoms with Gasteiger partial charge in [0.25, 0.3) is 5.91 Å². The highest BCUT2D eigenvalue weighted by molar-refractivity contribution is 9.10. The van der Waals surface area contributed by atoms with E-state index in [1.54, 1.807) is 19.9 Å². The highest BCUT2D eigenvalue weighted by Gasteiger charge is 2.34. The number of amides is 3. The molecular weight excluding hydrogens is 536 g/mol. The van der Waals surface area contributed by atoms with Gasteiger partial charge < -0.3 is 23.9 Å². The normalized spacial score (nSPS) is 14.5. The van der Waals surface area contributed by atoms with Crippen molar-refractivity contribution in [2.75, 3.05) is 13.7 Å². The van der Waals surface area contributed by atoms with Gasteiger partial charge in [-0.25, -0.2) is 14.4 Å². The number of hydrogen-bond acceptors (Lipinski definition) is 8. The zero-order chi connectivity index (χ0) is 25.0. The highest BCUT2D eigenvalue weighted by Crippen LogP contribution is 2.34. The largest absolute Gasteiger partial charge is 0.480 e. The minimum Gasteiger partial charge on any atom is -0.480 e. The molecule has 3 amide bonds. The Balaban J connectivity index is 1.82. The summed E-state index contributed by atoms with van der Waals surface area (Å²) in [5, 5.41) is 2.81. The van der Waals surface area contributed by atoms with Crippen LogP contribution in [0, 0.1) is 0 Å². The van der Waals surface area contributed by atoms with E-state index in [1.165, 1.54) is 31.4 Å². The second-order valence-electron chi connectivity index (χ2n) is 7.27. The Morgan fingerprint density at radius 3 is 2.68 bits per heavy atom. The van der Waals surface area contributed by atoms with Crippen molar-refractivity contribution in [3.8, 4) is 5.75 Å². The predicted molar refractivity (Wildman–Crippen MR) is 123 cm³/mol. The maximum Gasteiger partial charge on any atom is 0.373 e. The number of imide groups is 1. The van der Waals surface area contributed by atoms with Crippen molar-refractivity contribution >= 4 is 57.5 Å². The molecule has 34 heavy (non-hydrogen) atoms. The fraction of sp³-hybridized carbons (Fsp3) is 0.273. The molecule has 10 nitrogen and oxygen atoms in total. The Hall–Kier alpha value is -3.31. The molecule has 0 unspecified atom stereocenters. The summed E-state index contributed by atoms with van der Waals surface area (Å²) in [5.41, 5.74) is 0.293. The van der Waals surface area contributed by atoms with E-state index in [0.29, 0.717) is 15.1 Å². The first-order valence-electron chi connectivity index (χ1n) is 9.92. The lowest BCUT2D eigenvalue weighted by Gasteiger charge is -2.13. The predicted octanol–water partition coefficient (Wildman–Crippen LogP) is 3.91. The molecule has 12 heteroatoms. The summed E-state index contributed by atoms with van der Waals surface area (Å²) in [6.07, 6.45) is 1.07. The molecule has 1 saturated heterocycles. The van der Waals surface area contributed by atoms with Crippen molar-refractivity contribution in [1.82, 2.24) is 10.2 Å². The Bertz CT molecular complexity index is 1170. The van der Waals surface area contributed by atoms with Crippen LogP contribution in [0.4, 0.5) is 4.79 Å². The van der Waals surface area contributed by atoms with E-state index in [2.05, 4.69) is 26.0 Å². The molecule has 1 aliphatic rings. The number of methoxy groups -OCH3 is 1. The van der Waals surface area contributed by atoms with Crippen LogP contribution < -0.4 is 10.1 Å². The third-order valence-electron chi connectivity index (χ3n) is 4.36. The molecule has 0 radical (unpaired) electrons. The van der Waals surface area contributed by atoms with Gasteiger partial charge in [-0.3, -0.25) is 9.69 Å². The molecule has 1 N–H and O–H groups in total. The summed E-state index contributed by atoms with van der Waals surface area (Å²) in [6, 6.07) is 5.23. The number of urea groups is 1. The van der Waals surface area contributed by atoms with Crippen LogP contribution in [0.1, 0.15) is 35.7 Å². The quantitative estimate of drug-likeness (QED) is 0.295. The van der Waals surface area contributed by atoms with Crippen LogP contribution in [0.2, 0.25) is 5.02 Å². The molecule has 0 atom stereocenters. The third-order valence-corrected chi connectivity index (χ3v) is 5.17. The van der Waals surface area contributed by atoms with Crippen LogP contribution in [0.3, 0.4) is 0 Å². The Labute approximate surface area is 207 Å². The van der Waals surface area contributed by atoms with Gasteiger partial charge in [0, 0.05) is 10.6 Å². The summed E-state index contributed by atoms with van der Waals surface area (Å²) in [5.74, 6) is -1.50. The van der Waals surface area contributed by atoms with Crippen LogP contribution >= 0.6 is 27.5 Å². The first-order valence-corrected chi connectivity index (χ1v) is 11.1. The number of furan rings is 1. The Morgan fingerprint density at radius 2 is 2.00 bits per heavy atom. The molecule has 0 bridgehead atoms. The van der Waals surface area contributed by atoms with E-state index < -0.39 is 23.9 Å². The second-order valence-corrected chi connectivity index (χ2v) is 8.56. The van der Waals surface area contributed by atoms with Gasteiger partial charge in [-0.1, -0.05) is 11.6 Å². The maximum atomic E-state index is 12.9. The van der Waals surface area contributed by atoms with Crippen molar-refractivity contribution in [3.63, 3.8) is 0 Å². The van der Waals surface area contributed by atoms with Gasteiger partial charge >= 0.3 is 18.0 Å². The van der Waals surface area contributed by atoms with E-state index >= 15 is 0 Å². The molecular formula is C22H20BrClN2O8. The number of nitrogens with zero attached hydrogens (tertiary/aromatic N) is 1. The van der Waals surface area contributed by atoms with Crippen LogP contribution in [0.5, 0.6) is 5.75 Å². The van der Waals surface area contributed by atoms with Crippen molar-refractivity contribution in [1.29, 1.82) is 0 Å². The molecule has 0 saturated carbocycles. The number of halogens is 2. The molecule has 1 fully saturated rings. The molecule has 180 valence electrons. The van der Waals surface area contributed by atoms with Crippen molar-refractivity contribution in [2.24, 2.45) is 0 Å². The molecule has 1 aromatic heterocycles. The number of carbonyl (C=O) groups excluding carboxylic acids is 4. The summed E-state index contributed by atoms with van der Waals surface area (Å²) >= 11 is 9.47. The molecule has 1 aliphatic heterocycles. The fourth-order valence-electron chi connectivity index (χ4n) is 2.97.